The Morgan fingerprint density at radius 3 is 3.00 bits per heavy atom. The smallest absolute Gasteiger partial charge is 0.191 e. The lowest BCUT2D eigenvalue weighted by Gasteiger charge is -2.13. The van der Waals surface area contributed by atoms with E-state index in [1.165, 1.54) is 6.26 Å². The Hall–Kier alpha value is -2.87. The monoisotopic (exact) mass is 328 g/mol. The lowest BCUT2D eigenvalue weighted by molar-refractivity contribution is 0.153. The number of hydrogen-bond acceptors (Lipinski definition) is 5. The van der Waals surface area contributed by atoms with Crippen LogP contribution < -0.4 is 10.6 Å². The number of furan rings is 1. The molecule has 0 spiro atoms. The van der Waals surface area contributed by atoms with E-state index < -0.39 is 6.10 Å². The molecule has 3 N–H and O–H groups in total. The van der Waals surface area contributed by atoms with Gasteiger partial charge in [0.1, 0.15) is 18.4 Å². The topological polar surface area (TPSA) is 100.0 Å². The number of aliphatic hydroxyl groups excluding tert-OH is 1. The van der Waals surface area contributed by atoms with Crippen molar-refractivity contribution in [3.05, 3.63) is 54.4 Å². The number of fused-ring (bicyclic) bond motifs is 1. The molecule has 3 aromatic rings. The van der Waals surface area contributed by atoms with Crippen molar-refractivity contribution in [2.75, 3.05) is 13.1 Å². The molecule has 0 aliphatic heterocycles. The zero-order valence-corrected chi connectivity index (χ0v) is 13.4. The molecule has 0 aliphatic rings. The number of nitrogens with one attached hydrogen (secondary N) is 2. The summed E-state index contributed by atoms with van der Waals surface area (Å²) in [6.07, 6.45) is 2.70. The van der Waals surface area contributed by atoms with Crippen molar-refractivity contribution in [2.45, 2.75) is 19.6 Å². The van der Waals surface area contributed by atoms with Crippen LogP contribution in [0.4, 0.5) is 0 Å². The summed E-state index contributed by atoms with van der Waals surface area (Å²) >= 11 is 0. The van der Waals surface area contributed by atoms with Crippen LogP contribution in [-0.4, -0.2) is 38.8 Å². The second kappa shape index (κ2) is 7.60. The second-order valence-electron chi connectivity index (χ2n) is 5.15. The first-order chi connectivity index (χ1) is 11.8. The van der Waals surface area contributed by atoms with Crippen molar-refractivity contribution in [3.8, 4) is 0 Å². The average Bonchev–Trinajstić information content (AvgIpc) is 3.27. The predicted octanol–water partition coefficient (Wildman–Crippen LogP) is 1.11. The van der Waals surface area contributed by atoms with Gasteiger partial charge >= 0.3 is 0 Å². The van der Waals surface area contributed by atoms with Crippen LogP contribution in [0.3, 0.4) is 0 Å². The Balaban J connectivity index is 1.65. The van der Waals surface area contributed by atoms with E-state index in [1.807, 2.05) is 35.7 Å². The Morgan fingerprint density at radius 2 is 2.21 bits per heavy atom. The Bertz CT molecular complexity index is 796. The fraction of sp³-hybridized carbons (Fsp3) is 0.312. The fourth-order valence-corrected chi connectivity index (χ4v) is 2.27. The van der Waals surface area contributed by atoms with E-state index in [0.717, 1.165) is 11.5 Å². The van der Waals surface area contributed by atoms with Gasteiger partial charge in [-0.25, -0.2) is 4.99 Å². The molecule has 0 fully saturated rings. The third kappa shape index (κ3) is 3.72. The molecule has 24 heavy (non-hydrogen) atoms. The number of rotatable bonds is 6. The zero-order chi connectivity index (χ0) is 16.8. The maximum absolute atomic E-state index is 10.1. The number of hydrogen-bond donors (Lipinski definition) is 3. The Morgan fingerprint density at radius 1 is 1.29 bits per heavy atom. The third-order valence-electron chi connectivity index (χ3n) is 3.44. The van der Waals surface area contributed by atoms with Crippen LogP contribution in [0, 0.1) is 0 Å². The summed E-state index contributed by atoms with van der Waals surface area (Å²) in [7, 11) is 0. The summed E-state index contributed by atoms with van der Waals surface area (Å²) in [6, 6.07) is 9.21. The molecule has 126 valence electrons. The fourth-order valence-electron chi connectivity index (χ4n) is 2.27. The Labute approximate surface area is 139 Å². The number of aliphatic imine (C=N–C) groups is 1. The van der Waals surface area contributed by atoms with Gasteiger partial charge in [-0.1, -0.05) is 6.07 Å². The quantitative estimate of drug-likeness (QED) is 0.463. The van der Waals surface area contributed by atoms with Crippen LogP contribution in [0.25, 0.3) is 5.65 Å². The van der Waals surface area contributed by atoms with Gasteiger partial charge in [-0.15, -0.1) is 10.2 Å². The highest BCUT2D eigenvalue weighted by atomic mass is 16.4. The molecule has 8 nitrogen and oxygen atoms in total. The molecule has 0 radical (unpaired) electrons. The van der Waals surface area contributed by atoms with Crippen molar-refractivity contribution >= 4 is 11.6 Å². The molecule has 3 aromatic heterocycles. The molecule has 0 aliphatic carbocycles. The lowest BCUT2D eigenvalue weighted by atomic mass is 10.3. The zero-order valence-electron chi connectivity index (χ0n) is 13.4. The molecule has 0 bridgehead atoms. The number of pyridine rings is 1. The first-order valence-corrected chi connectivity index (χ1v) is 7.80. The van der Waals surface area contributed by atoms with E-state index in [0.29, 0.717) is 31.4 Å². The minimum atomic E-state index is -0.738. The van der Waals surface area contributed by atoms with Gasteiger partial charge in [-0.2, -0.15) is 0 Å². The number of nitrogens with zero attached hydrogens (tertiary/aromatic N) is 4. The van der Waals surface area contributed by atoms with Gasteiger partial charge in [-0.3, -0.25) is 4.40 Å². The molecule has 0 amide bonds. The highest BCUT2D eigenvalue weighted by Crippen LogP contribution is 2.11. The van der Waals surface area contributed by atoms with Crippen LogP contribution in [0.2, 0.25) is 0 Å². The van der Waals surface area contributed by atoms with Crippen LogP contribution in [0.1, 0.15) is 24.6 Å². The van der Waals surface area contributed by atoms with Gasteiger partial charge in [0.05, 0.1) is 12.8 Å². The highest BCUT2D eigenvalue weighted by Gasteiger charge is 2.11. The van der Waals surface area contributed by atoms with E-state index in [4.69, 9.17) is 4.42 Å². The summed E-state index contributed by atoms with van der Waals surface area (Å²) in [5.74, 6) is 1.85. The molecule has 8 heteroatoms. The molecule has 3 heterocycles. The normalized spacial score (nSPS) is 13.2. The van der Waals surface area contributed by atoms with Crippen LogP contribution in [0.15, 0.2) is 52.2 Å². The number of aromatic nitrogens is 3. The highest BCUT2D eigenvalue weighted by molar-refractivity contribution is 5.79. The van der Waals surface area contributed by atoms with Gasteiger partial charge in [0.2, 0.25) is 0 Å². The molecular weight excluding hydrogens is 308 g/mol. The average molecular weight is 328 g/mol. The van der Waals surface area contributed by atoms with Crippen molar-refractivity contribution in [1.82, 2.24) is 25.2 Å². The summed E-state index contributed by atoms with van der Waals surface area (Å²) in [4.78, 5) is 4.49. The summed E-state index contributed by atoms with van der Waals surface area (Å²) < 4.78 is 7.08. The van der Waals surface area contributed by atoms with Crippen molar-refractivity contribution in [2.24, 2.45) is 4.99 Å². The van der Waals surface area contributed by atoms with Crippen molar-refractivity contribution in [1.29, 1.82) is 0 Å². The number of aliphatic hydroxyl groups is 1. The van der Waals surface area contributed by atoms with E-state index in [9.17, 15) is 5.11 Å². The summed E-state index contributed by atoms with van der Waals surface area (Å²) in [5.41, 5.74) is 0.786. The van der Waals surface area contributed by atoms with Crippen LogP contribution >= 0.6 is 0 Å². The van der Waals surface area contributed by atoms with Crippen molar-refractivity contribution in [3.63, 3.8) is 0 Å². The van der Waals surface area contributed by atoms with Gasteiger partial charge in [0, 0.05) is 12.7 Å². The molecule has 0 aromatic carbocycles. The molecule has 3 rings (SSSR count). The van der Waals surface area contributed by atoms with Gasteiger partial charge < -0.3 is 20.2 Å². The largest absolute Gasteiger partial charge is 0.467 e. The third-order valence-corrected chi connectivity index (χ3v) is 3.44. The van der Waals surface area contributed by atoms with Crippen LogP contribution in [0.5, 0.6) is 0 Å². The lowest BCUT2D eigenvalue weighted by Crippen LogP contribution is -2.39. The first-order valence-electron chi connectivity index (χ1n) is 7.80. The van der Waals surface area contributed by atoms with Crippen molar-refractivity contribution < 1.29 is 9.52 Å². The molecule has 1 unspecified atom stereocenters. The minimum Gasteiger partial charge on any atom is -0.467 e. The maximum Gasteiger partial charge on any atom is 0.191 e. The van der Waals surface area contributed by atoms with Gasteiger partial charge in [0.15, 0.2) is 17.4 Å². The van der Waals surface area contributed by atoms with E-state index in [-0.39, 0.29) is 0 Å². The predicted molar refractivity (Wildman–Crippen MR) is 89.5 cm³/mol. The first kappa shape index (κ1) is 16.0. The minimum absolute atomic E-state index is 0.292. The number of guanidine groups is 1. The summed E-state index contributed by atoms with van der Waals surface area (Å²) in [5, 5.41) is 24.5. The van der Waals surface area contributed by atoms with Crippen LogP contribution in [-0.2, 0) is 6.54 Å². The Kier molecular flexibility index (Phi) is 5.07. The SMILES string of the molecule is CCNC(=NCc1nnc2ccccn12)NCC(O)c1ccco1. The molecule has 0 saturated carbocycles. The second-order valence-corrected chi connectivity index (χ2v) is 5.15. The standard InChI is InChI=1S/C16H20N6O2/c1-2-17-16(18-10-12(23)13-6-5-9-24-13)19-11-15-21-20-14-7-3-4-8-22(14)15/h3-9,12,23H,2,10-11H2,1H3,(H2,17,18,19). The van der Waals surface area contributed by atoms with Gasteiger partial charge in [-0.05, 0) is 31.2 Å². The van der Waals surface area contributed by atoms with E-state index in [1.54, 1.807) is 12.1 Å². The van der Waals surface area contributed by atoms with Gasteiger partial charge in [0.25, 0.3) is 0 Å². The van der Waals surface area contributed by atoms with E-state index >= 15 is 0 Å². The summed E-state index contributed by atoms with van der Waals surface area (Å²) in [6.45, 7) is 3.35. The molecule has 1 atom stereocenters. The molecule has 0 saturated heterocycles. The maximum atomic E-state index is 10.1. The van der Waals surface area contributed by atoms with E-state index in [2.05, 4.69) is 25.8 Å². The molecular formula is C16H20N6O2.